The maximum Gasteiger partial charge on any atom is 0.224 e. The lowest BCUT2D eigenvalue weighted by Crippen LogP contribution is -2.54. The molecule has 0 bridgehead atoms. The Balaban J connectivity index is 0.00000208. The van der Waals surface area contributed by atoms with E-state index in [1.165, 1.54) is 0 Å². The molecule has 1 saturated heterocycles. The molecule has 24 heavy (non-hydrogen) atoms. The quantitative estimate of drug-likeness (QED) is 0.702. The molecule has 2 heterocycles. The highest BCUT2D eigenvalue weighted by molar-refractivity contribution is 5.85. The summed E-state index contributed by atoms with van der Waals surface area (Å²) in [6, 6.07) is 7.29. The molecule has 0 unspecified atom stereocenters. The minimum absolute atomic E-state index is 0. The van der Waals surface area contributed by atoms with Crippen LogP contribution in [0.15, 0.2) is 24.3 Å². The van der Waals surface area contributed by atoms with Gasteiger partial charge in [0.25, 0.3) is 0 Å². The lowest BCUT2D eigenvalue weighted by Gasteiger charge is -2.29. The topological polar surface area (TPSA) is 105 Å². The fourth-order valence-electron chi connectivity index (χ4n) is 2.66. The van der Waals surface area contributed by atoms with Gasteiger partial charge in [0.15, 0.2) is 5.82 Å². The van der Waals surface area contributed by atoms with Crippen molar-refractivity contribution in [3.8, 4) is 5.69 Å². The van der Waals surface area contributed by atoms with Gasteiger partial charge >= 0.3 is 0 Å². The first-order chi connectivity index (χ1) is 11.1. The molecule has 1 aliphatic heterocycles. The summed E-state index contributed by atoms with van der Waals surface area (Å²) in [7, 11) is 0. The average Bonchev–Trinajstić information content (AvgIpc) is 2.96. The Morgan fingerprint density at radius 1 is 1.42 bits per heavy atom. The molecule has 130 valence electrons. The van der Waals surface area contributed by atoms with Crippen molar-refractivity contribution in [3.05, 3.63) is 35.7 Å². The summed E-state index contributed by atoms with van der Waals surface area (Å²) < 4.78 is 1.63. The van der Waals surface area contributed by atoms with Crippen molar-refractivity contribution < 1.29 is 9.90 Å². The van der Waals surface area contributed by atoms with Gasteiger partial charge in [0.2, 0.25) is 5.91 Å². The van der Waals surface area contributed by atoms with Crippen molar-refractivity contribution >= 4 is 18.3 Å². The number of nitrogens with zero attached hydrogens (tertiary/aromatic N) is 4. The number of aryl methyl sites for hydroxylation is 1. The lowest BCUT2D eigenvalue weighted by atomic mass is 10.0. The van der Waals surface area contributed by atoms with Crippen LogP contribution in [0.5, 0.6) is 0 Å². The Morgan fingerprint density at radius 2 is 2.17 bits per heavy atom. The van der Waals surface area contributed by atoms with Gasteiger partial charge in [-0.1, -0.05) is 12.1 Å². The fourth-order valence-corrected chi connectivity index (χ4v) is 2.66. The summed E-state index contributed by atoms with van der Waals surface area (Å²) in [6.45, 7) is 3.21. The summed E-state index contributed by atoms with van der Waals surface area (Å²) >= 11 is 0. The van der Waals surface area contributed by atoms with Gasteiger partial charge in [0, 0.05) is 6.54 Å². The summed E-state index contributed by atoms with van der Waals surface area (Å²) in [5.41, 5.74) is 1.75. The highest BCUT2D eigenvalue weighted by Crippen LogP contribution is 2.10. The number of halogens is 1. The molecule has 1 aromatic carbocycles. The largest absolute Gasteiger partial charge is 0.391 e. The van der Waals surface area contributed by atoms with Crippen LogP contribution in [0.2, 0.25) is 0 Å². The molecular formula is C15H21ClN6O2. The number of carbonyl (C=O) groups excluding carboxylic acids is 1. The van der Waals surface area contributed by atoms with Crippen molar-refractivity contribution in [3.63, 3.8) is 0 Å². The maximum atomic E-state index is 12.1. The van der Waals surface area contributed by atoms with E-state index in [4.69, 9.17) is 0 Å². The smallest absolute Gasteiger partial charge is 0.224 e. The van der Waals surface area contributed by atoms with Crippen LogP contribution in [0.1, 0.15) is 17.8 Å². The number of aliphatic hydroxyl groups is 1. The normalized spacial score (nSPS) is 20.2. The number of hydrogen-bond acceptors (Lipinski definition) is 6. The van der Waals surface area contributed by atoms with Gasteiger partial charge in [0.1, 0.15) is 0 Å². The summed E-state index contributed by atoms with van der Waals surface area (Å²) in [5, 5.41) is 27.3. The molecule has 1 amide bonds. The van der Waals surface area contributed by atoms with Crippen LogP contribution in [0.4, 0.5) is 0 Å². The molecule has 1 fully saturated rings. The van der Waals surface area contributed by atoms with Gasteiger partial charge in [-0.15, -0.1) is 17.5 Å². The van der Waals surface area contributed by atoms with E-state index in [1.807, 2.05) is 31.2 Å². The Hall–Kier alpha value is -2.03. The molecule has 3 rings (SSSR count). The molecule has 2 aromatic rings. The average molecular weight is 353 g/mol. The van der Waals surface area contributed by atoms with Crippen molar-refractivity contribution in [1.82, 2.24) is 30.8 Å². The van der Waals surface area contributed by atoms with E-state index >= 15 is 0 Å². The molecule has 0 radical (unpaired) electrons. The van der Waals surface area contributed by atoms with Crippen LogP contribution in [-0.4, -0.2) is 56.5 Å². The number of aliphatic hydroxyl groups excluding tert-OH is 1. The fraction of sp³-hybridized carbons (Fsp3) is 0.467. The number of piperidine rings is 1. The molecule has 0 saturated carbocycles. The van der Waals surface area contributed by atoms with E-state index in [9.17, 15) is 9.90 Å². The number of carbonyl (C=O) groups is 1. The molecule has 1 aliphatic rings. The van der Waals surface area contributed by atoms with Crippen molar-refractivity contribution in [2.75, 3.05) is 13.1 Å². The van der Waals surface area contributed by atoms with Gasteiger partial charge in [-0.3, -0.25) is 4.79 Å². The second-order valence-electron chi connectivity index (χ2n) is 5.72. The summed E-state index contributed by atoms with van der Waals surface area (Å²) in [4.78, 5) is 12.1. The number of rotatable bonds is 4. The molecule has 0 spiro atoms. The molecule has 2 atom stereocenters. The van der Waals surface area contributed by atoms with Crippen LogP contribution in [-0.2, 0) is 11.2 Å². The van der Waals surface area contributed by atoms with Crippen molar-refractivity contribution in [2.24, 2.45) is 0 Å². The van der Waals surface area contributed by atoms with E-state index in [1.54, 1.807) is 4.68 Å². The minimum Gasteiger partial charge on any atom is -0.391 e. The standard InChI is InChI=1S/C15H20N6O2.ClH/c1-10-18-19-20-21(10)12-4-2-11(3-5-12)8-15(23)17-13-9-16-7-6-14(13)22;/h2-5,13-14,16,22H,6-9H2,1H3,(H,17,23);1H/t13-,14+;/m0./s1. The number of amides is 1. The number of tetrazole rings is 1. The predicted octanol–water partition coefficient (Wildman–Crippen LogP) is -0.226. The number of benzene rings is 1. The number of hydrogen-bond donors (Lipinski definition) is 3. The van der Waals surface area contributed by atoms with Crippen LogP contribution in [0.25, 0.3) is 5.69 Å². The zero-order valence-corrected chi connectivity index (χ0v) is 14.2. The number of aromatic nitrogens is 4. The molecule has 0 aliphatic carbocycles. The zero-order chi connectivity index (χ0) is 16.2. The highest BCUT2D eigenvalue weighted by atomic mass is 35.5. The van der Waals surface area contributed by atoms with Crippen LogP contribution in [0.3, 0.4) is 0 Å². The van der Waals surface area contributed by atoms with Gasteiger partial charge in [-0.05, 0) is 48.0 Å². The second-order valence-corrected chi connectivity index (χ2v) is 5.72. The van der Waals surface area contributed by atoms with E-state index in [0.29, 0.717) is 18.8 Å². The van der Waals surface area contributed by atoms with Gasteiger partial charge < -0.3 is 15.7 Å². The Labute approximate surface area is 146 Å². The van der Waals surface area contributed by atoms with Crippen LogP contribution < -0.4 is 10.6 Å². The third kappa shape index (κ3) is 4.28. The molecule has 9 heteroatoms. The van der Waals surface area contributed by atoms with E-state index in [2.05, 4.69) is 26.2 Å². The SMILES string of the molecule is Cc1nnnn1-c1ccc(CC(=O)N[C@H]2CNCC[C@H]2O)cc1.Cl. The Morgan fingerprint density at radius 3 is 2.79 bits per heavy atom. The molecule has 3 N–H and O–H groups in total. The van der Waals surface area contributed by atoms with Crippen LogP contribution in [0, 0.1) is 6.92 Å². The summed E-state index contributed by atoms with van der Waals surface area (Å²) in [5.74, 6) is 0.610. The first-order valence-corrected chi connectivity index (χ1v) is 7.66. The third-order valence-electron chi connectivity index (χ3n) is 3.96. The van der Waals surface area contributed by atoms with E-state index < -0.39 is 6.10 Å². The Bertz CT molecular complexity index is 675. The van der Waals surface area contributed by atoms with Crippen LogP contribution >= 0.6 is 12.4 Å². The van der Waals surface area contributed by atoms with Gasteiger partial charge in [-0.2, -0.15) is 4.68 Å². The molecule has 1 aromatic heterocycles. The molecular weight excluding hydrogens is 332 g/mol. The zero-order valence-electron chi connectivity index (χ0n) is 13.3. The predicted molar refractivity (Wildman–Crippen MR) is 90.3 cm³/mol. The monoisotopic (exact) mass is 352 g/mol. The first kappa shape index (κ1) is 18.3. The number of nitrogens with one attached hydrogen (secondary N) is 2. The van der Waals surface area contributed by atoms with E-state index in [-0.39, 0.29) is 30.8 Å². The first-order valence-electron chi connectivity index (χ1n) is 7.66. The van der Waals surface area contributed by atoms with E-state index in [0.717, 1.165) is 17.8 Å². The Kier molecular flexibility index (Phi) is 6.24. The van der Waals surface area contributed by atoms with Gasteiger partial charge in [-0.25, -0.2) is 0 Å². The van der Waals surface area contributed by atoms with Crippen molar-refractivity contribution in [1.29, 1.82) is 0 Å². The maximum absolute atomic E-state index is 12.1. The second kappa shape index (κ2) is 8.18. The van der Waals surface area contributed by atoms with Crippen molar-refractivity contribution in [2.45, 2.75) is 31.9 Å². The third-order valence-corrected chi connectivity index (χ3v) is 3.96. The summed E-state index contributed by atoms with van der Waals surface area (Å²) in [6.07, 6.45) is 0.452. The molecule has 8 nitrogen and oxygen atoms in total. The highest BCUT2D eigenvalue weighted by Gasteiger charge is 2.24. The minimum atomic E-state index is -0.481. The lowest BCUT2D eigenvalue weighted by molar-refractivity contribution is -0.122. The van der Waals surface area contributed by atoms with Gasteiger partial charge in [0.05, 0.1) is 24.3 Å².